The SMILES string of the molecule is Cc1ccc(C)c(S(=O)(=O)N2CCC[C@H](C(=O)NC(C)(C)C)C2)c1. The summed E-state index contributed by atoms with van der Waals surface area (Å²) in [6, 6.07) is 5.45. The Kier molecular flexibility index (Phi) is 5.40. The van der Waals surface area contributed by atoms with Crippen LogP contribution in [-0.4, -0.2) is 37.3 Å². The van der Waals surface area contributed by atoms with E-state index in [-0.39, 0.29) is 23.9 Å². The molecule has 24 heavy (non-hydrogen) atoms. The summed E-state index contributed by atoms with van der Waals surface area (Å²) in [5.74, 6) is -0.360. The zero-order chi connectivity index (χ0) is 18.1. The van der Waals surface area contributed by atoms with Crippen molar-refractivity contribution in [2.75, 3.05) is 13.1 Å². The van der Waals surface area contributed by atoms with Gasteiger partial charge in [-0.2, -0.15) is 4.31 Å². The molecule has 0 unspecified atom stereocenters. The Morgan fingerprint density at radius 3 is 2.54 bits per heavy atom. The number of piperidine rings is 1. The Balaban J connectivity index is 2.22. The van der Waals surface area contributed by atoms with Crippen LogP contribution in [0.1, 0.15) is 44.7 Å². The van der Waals surface area contributed by atoms with Gasteiger partial charge in [0.2, 0.25) is 15.9 Å². The van der Waals surface area contributed by atoms with E-state index < -0.39 is 10.0 Å². The molecule has 0 bridgehead atoms. The third-order valence-electron chi connectivity index (χ3n) is 4.21. The van der Waals surface area contributed by atoms with E-state index in [9.17, 15) is 13.2 Å². The Labute approximate surface area is 145 Å². The maximum absolute atomic E-state index is 13.0. The standard InChI is InChI=1S/C18H28N2O3S/c1-13-8-9-14(2)16(11-13)24(22,23)20-10-6-7-15(12-20)17(21)19-18(3,4)5/h8-9,11,15H,6-7,10,12H2,1-5H3,(H,19,21)/t15-/m0/s1. The van der Waals surface area contributed by atoms with Gasteiger partial charge in [-0.25, -0.2) is 8.42 Å². The van der Waals surface area contributed by atoms with Crippen LogP contribution in [0.25, 0.3) is 0 Å². The summed E-state index contributed by atoms with van der Waals surface area (Å²) in [7, 11) is -3.57. The topological polar surface area (TPSA) is 66.5 Å². The molecule has 2 rings (SSSR count). The number of benzene rings is 1. The van der Waals surface area contributed by atoms with Crippen molar-refractivity contribution in [1.82, 2.24) is 9.62 Å². The van der Waals surface area contributed by atoms with E-state index in [0.717, 1.165) is 17.5 Å². The first-order valence-electron chi connectivity index (χ1n) is 8.40. The van der Waals surface area contributed by atoms with Crippen LogP contribution in [0.15, 0.2) is 23.1 Å². The Morgan fingerprint density at radius 2 is 1.92 bits per heavy atom. The fourth-order valence-corrected chi connectivity index (χ4v) is 4.80. The number of nitrogens with zero attached hydrogens (tertiary/aromatic N) is 1. The van der Waals surface area contributed by atoms with E-state index >= 15 is 0 Å². The van der Waals surface area contributed by atoms with E-state index in [4.69, 9.17) is 0 Å². The summed E-state index contributed by atoms with van der Waals surface area (Å²) < 4.78 is 27.5. The smallest absolute Gasteiger partial charge is 0.243 e. The quantitative estimate of drug-likeness (QED) is 0.909. The number of carbonyl (C=O) groups is 1. The Morgan fingerprint density at radius 1 is 1.25 bits per heavy atom. The lowest BCUT2D eigenvalue weighted by molar-refractivity contribution is -0.127. The molecule has 0 radical (unpaired) electrons. The minimum absolute atomic E-state index is 0.0663. The highest BCUT2D eigenvalue weighted by Gasteiger charge is 2.34. The summed E-state index contributed by atoms with van der Waals surface area (Å²) in [6.45, 7) is 10.2. The highest BCUT2D eigenvalue weighted by molar-refractivity contribution is 7.89. The molecule has 1 aromatic carbocycles. The number of sulfonamides is 1. The molecule has 1 N–H and O–H groups in total. The number of aryl methyl sites for hydroxylation is 2. The summed E-state index contributed by atoms with van der Waals surface area (Å²) in [5, 5.41) is 2.96. The van der Waals surface area contributed by atoms with Crippen LogP contribution in [0.4, 0.5) is 0 Å². The van der Waals surface area contributed by atoms with E-state index in [0.29, 0.717) is 17.9 Å². The third kappa shape index (κ3) is 4.36. The summed E-state index contributed by atoms with van der Waals surface area (Å²) in [4.78, 5) is 12.8. The van der Waals surface area contributed by atoms with Gasteiger partial charge in [-0.05, 0) is 64.7 Å². The Hall–Kier alpha value is -1.40. The monoisotopic (exact) mass is 352 g/mol. The Bertz CT molecular complexity index is 720. The van der Waals surface area contributed by atoms with Crippen molar-refractivity contribution in [1.29, 1.82) is 0 Å². The van der Waals surface area contributed by atoms with Crippen molar-refractivity contribution in [3.8, 4) is 0 Å². The van der Waals surface area contributed by atoms with Crippen molar-refractivity contribution in [2.45, 2.75) is 57.9 Å². The van der Waals surface area contributed by atoms with Gasteiger partial charge < -0.3 is 5.32 Å². The summed E-state index contributed by atoms with van der Waals surface area (Å²) >= 11 is 0. The molecule has 0 saturated carbocycles. The van der Waals surface area contributed by atoms with Gasteiger partial charge in [-0.1, -0.05) is 12.1 Å². The molecule has 1 fully saturated rings. The first kappa shape index (κ1) is 18.9. The molecule has 0 aliphatic carbocycles. The van der Waals surface area contributed by atoms with Gasteiger partial charge in [0.25, 0.3) is 0 Å². The molecule has 6 heteroatoms. The predicted octanol–water partition coefficient (Wildman–Crippen LogP) is 2.62. The minimum atomic E-state index is -3.57. The molecule has 1 aliphatic heterocycles. The van der Waals surface area contributed by atoms with Crippen LogP contribution in [0.3, 0.4) is 0 Å². The maximum atomic E-state index is 13.0. The normalized spacial score (nSPS) is 20.0. The zero-order valence-corrected chi connectivity index (χ0v) is 16.0. The molecular formula is C18H28N2O3S. The van der Waals surface area contributed by atoms with Gasteiger partial charge in [0.15, 0.2) is 0 Å². The van der Waals surface area contributed by atoms with Crippen LogP contribution in [0.5, 0.6) is 0 Å². The molecule has 134 valence electrons. The minimum Gasteiger partial charge on any atom is -0.351 e. The number of hydrogen-bond acceptors (Lipinski definition) is 3. The second-order valence-electron chi connectivity index (χ2n) is 7.71. The highest BCUT2D eigenvalue weighted by atomic mass is 32.2. The summed E-state index contributed by atoms with van der Waals surface area (Å²) in [5.41, 5.74) is 1.34. The van der Waals surface area contributed by atoms with E-state index in [1.807, 2.05) is 39.8 Å². The molecule has 1 aliphatic rings. The van der Waals surface area contributed by atoms with Gasteiger partial charge in [-0.3, -0.25) is 4.79 Å². The lowest BCUT2D eigenvalue weighted by Crippen LogP contribution is -2.49. The second-order valence-corrected chi connectivity index (χ2v) is 9.62. The van der Waals surface area contributed by atoms with Gasteiger partial charge in [0, 0.05) is 18.6 Å². The fraction of sp³-hybridized carbons (Fsp3) is 0.611. The van der Waals surface area contributed by atoms with E-state index in [1.165, 1.54) is 4.31 Å². The number of amides is 1. The highest BCUT2D eigenvalue weighted by Crippen LogP contribution is 2.26. The van der Waals surface area contributed by atoms with Gasteiger partial charge in [-0.15, -0.1) is 0 Å². The third-order valence-corrected chi connectivity index (χ3v) is 6.22. The van der Waals surface area contributed by atoms with Crippen LogP contribution < -0.4 is 5.32 Å². The van der Waals surface area contributed by atoms with Gasteiger partial charge >= 0.3 is 0 Å². The van der Waals surface area contributed by atoms with E-state index in [1.54, 1.807) is 13.0 Å². The van der Waals surface area contributed by atoms with Crippen LogP contribution in [-0.2, 0) is 14.8 Å². The largest absolute Gasteiger partial charge is 0.351 e. The maximum Gasteiger partial charge on any atom is 0.243 e. The lowest BCUT2D eigenvalue weighted by atomic mass is 9.97. The van der Waals surface area contributed by atoms with Crippen molar-refractivity contribution < 1.29 is 13.2 Å². The molecular weight excluding hydrogens is 324 g/mol. The summed E-state index contributed by atoms with van der Waals surface area (Å²) in [6.07, 6.45) is 1.42. The average Bonchev–Trinajstić information content (AvgIpc) is 2.48. The molecule has 1 amide bonds. The first-order valence-corrected chi connectivity index (χ1v) is 9.84. The van der Waals surface area contributed by atoms with Gasteiger partial charge in [0.05, 0.1) is 10.8 Å². The number of carbonyl (C=O) groups excluding carboxylic acids is 1. The van der Waals surface area contributed by atoms with Crippen molar-refractivity contribution in [3.05, 3.63) is 29.3 Å². The number of hydrogen-bond donors (Lipinski definition) is 1. The number of rotatable bonds is 3. The van der Waals surface area contributed by atoms with Crippen molar-refractivity contribution in [3.63, 3.8) is 0 Å². The first-order chi connectivity index (χ1) is 11.0. The zero-order valence-electron chi connectivity index (χ0n) is 15.2. The molecule has 1 aromatic rings. The van der Waals surface area contributed by atoms with Crippen LogP contribution in [0.2, 0.25) is 0 Å². The molecule has 5 nitrogen and oxygen atoms in total. The molecule has 1 saturated heterocycles. The average molecular weight is 353 g/mol. The fourth-order valence-electron chi connectivity index (χ4n) is 2.97. The molecule has 0 aromatic heterocycles. The van der Waals surface area contributed by atoms with Crippen LogP contribution in [0, 0.1) is 19.8 Å². The lowest BCUT2D eigenvalue weighted by Gasteiger charge is -2.33. The molecule has 0 spiro atoms. The van der Waals surface area contributed by atoms with E-state index in [2.05, 4.69) is 5.32 Å². The van der Waals surface area contributed by atoms with Crippen molar-refractivity contribution >= 4 is 15.9 Å². The second kappa shape index (κ2) is 6.84. The molecule has 1 heterocycles. The van der Waals surface area contributed by atoms with Gasteiger partial charge in [0.1, 0.15) is 0 Å². The van der Waals surface area contributed by atoms with Crippen molar-refractivity contribution in [2.24, 2.45) is 5.92 Å². The number of nitrogens with one attached hydrogen (secondary N) is 1. The molecule has 1 atom stereocenters. The predicted molar refractivity (Wildman–Crippen MR) is 95.3 cm³/mol. The van der Waals surface area contributed by atoms with Crippen LogP contribution >= 0.6 is 0 Å².